The van der Waals surface area contributed by atoms with Crippen molar-refractivity contribution in [1.82, 2.24) is 0 Å². The first-order valence-corrected chi connectivity index (χ1v) is 5.90. The van der Waals surface area contributed by atoms with Crippen molar-refractivity contribution in [3.63, 3.8) is 0 Å². The molecule has 2 N–H and O–H groups in total. The second-order valence-electron chi connectivity index (χ2n) is 3.79. The third-order valence-corrected chi connectivity index (χ3v) is 3.19. The second-order valence-corrected chi connectivity index (χ2v) is 4.63. The molecule has 1 nitrogen and oxygen atoms in total. The molecule has 0 saturated carbocycles. The van der Waals surface area contributed by atoms with E-state index in [4.69, 9.17) is 28.9 Å². The van der Waals surface area contributed by atoms with Crippen LogP contribution in [0.1, 0.15) is 17.2 Å². The van der Waals surface area contributed by atoms with Crippen LogP contribution in [0.25, 0.3) is 0 Å². The largest absolute Gasteiger partial charge is 0.320 e. The van der Waals surface area contributed by atoms with Crippen LogP contribution in [0.4, 0.5) is 8.78 Å². The van der Waals surface area contributed by atoms with Crippen molar-refractivity contribution in [1.29, 1.82) is 0 Å². The molecule has 2 aromatic carbocycles. The highest BCUT2D eigenvalue weighted by Gasteiger charge is 2.18. The van der Waals surface area contributed by atoms with Gasteiger partial charge in [0.2, 0.25) is 0 Å². The highest BCUT2D eigenvalue weighted by atomic mass is 35.5. The summed E-state index contributed by atoms with van der Waals surface area (Å²) in [5.74, 6) is -1.91. The van der Waals surface area contributed by atoms with E-state index in [1.165, 1.54) is 12.1 Å². The number of halogens is 4. The number of hydrogen-bond acceptors (Lipinski definition) is 1. The molecule has 0 fully saturated rings. The molecule has 0 amide bonds. The Morgan fingerprint density at radius 3 is 2.44 bits per heavy atom. The van der Waals surface area contributed by atoms with Crippen LogP contribution >= 0.6 is 23.2 Å². The predicted molar refractivity (Wildman–Crippen MR) is 68.9 cm³/mol. The van der Waals surface area contributed by atoms with Gasteiger partial charge in [-0.3, -0.25) is 0 Å². The molecular weight excluding hydrogens is 279 g/mol. The third kappa shape index (κ3) is 2.48. The summed E-state index contributed by atoms with van der Waals surface area (Å²) >= 11 is 11.8. The van der Waals surface area contributed by atoms with Gasteiger partial charge in [-0.15, -0.1) is 0 Å². The molecule has 1 unspecified atom stereocenters. The molecule has 0 aliphatic heterocycles. The zero-order valence-electron chi connectivity index (χ0n) is 9.13. The molecular formula is C13H9Cl2F2N. The maximum atomic E-state index is 13.6. The van der Waals surface area contributed by atoms with Crippen LogP contribution in [0.3, 0.4) is 0 Å². The first-order valence-electron chi connectivity index (χ1n) is 5.15. The van der Waals surface area contributed by atoms with E-state index < -0.39 is 17.7 Å². The van der Waals surface area contributed by atoms with Crippen LogP contribution in [0.15, 0.2) is 36.4 Å². The Kier molecular flexibility index (Phi) is 3.85. The molecule has 0 bridgehead atoms. The predicted octanol–water partition coefficient (Wildman–Crippen LogP) is 4.32. The van der Waals surface area contributed by atoms with Crippen molar-refractivity contribution in [2.24, 2.45) is 5.73 Å². The van der Waals surface area contributed by atoms with Gasteiger partial charge in [0, 0.05) is 15.6 Å². The summed E-state index contributed by atoms with van der Waals surface area (Å²) in [6.45, 7) is 0. The van der Waals surface area contributed by atoms with Crippen molar-refractivity contribution in [3.05, 3.63) is 69.2 Å². The van der Waals surface area contributed by atoms with Crippen LogP contribution < -0.4 is 5.73 Å². The minimum absolute atomic E-state index is 0.0409. The van der Waals surface area contributed by atoms with E-state index in [1.807, 2.05) is 0 Å². The maximum absolute atomic E-state index is 13.6. The van der Waals surface area contributed by atoms with Crippen LogP contribution in [0.2, 0.25) is 10.0 Å². The summed E-state index contributed by atoms with van der Waals surface area (Å²) in [6, 6.07) is 7.68. The van der Waals surface area contributed by atoms with Gasteiger partial charge in [-0.25, -0.2) is 8.78 Å². The van der Waals surface area contributed by atoms with Gasteiger partial charge >= 0.3 is 0 Å². The fraction of sp³-hybridized carbons (Fsp3) is 0.0769. The van der Waals surface area contributed by atoms with E-state index >= 15 is 0 Å². The van der Waals surface area contributed by atoms with Gasteiger partial charge in [0.25, 0.3) is 0 Å². The highest BCUT2D eigenvalue weighted by Crippen LogP contribution is 2.30. The van der Waals surface area contributed by atoms with E-state index in [0.717, 1.165) is 6.07 Å². The van der Waals surface area contributed by atoms with E-state index in [1.54, 1.807) is 18.2 Å². The van der Waals surface area contributed by atoms with Crippen molar-refractivity contribution < 1.29 is 8.78 Å². The molecule has 18 heavy (non-hydrogen) atoms. The number of rotatable bonds is 2. The molecule has 0 aliphatic rings. The zero-order chi connectivity index (χ0) is 13.3. The lowest BCUT2D eigenvalue weighted by atomic mass is 9.99. The number of benzene rings is 2. The smallest absolute Gasteiger partial charge is 0.163 e. The van der Waals surface area contributed by atoms with Gasteiger partial charge in [-0.1, -0.05) is 35.3 Å². The molecule has 94 valence electrons. The van der Waals surface area contributed by atoms with Gasteiger partial charge < -0.3 is 5.73 Å². The Balaban J connectivity index is 2.51. The molecule has 2 aromatic rings. The molecule has 1 atom stereocenters. The first kappa shape index (κ1) is 13.3. The van der Waals surface area contributed by atoms with Crippen LogP contribution in [-0.4, -0.2) is 0 Å². The minimum Gasteiger partial charge on any atom is -0.320 e. The lowest BCUT2D eigenvalue weighted by molar-refractivity contribution is 0.494. The minimum atomic E-state index is -0.971. The Morgan fingerprint density at radius 1 is 1.00 bits per heavy atom. The molecule has 5 heteroatoms. The summed E-state index contributed by atoms with van der Waals surface area (Å²) in [5, 5.41) is 0.789. The summed E-state index contributed by atoms with van der Waals surface area (Å²) in [5.41, 5.74) is 6.40. The average Bonchev–Trinajstić information content (AvgIpc) is 2.35. The maximum Gasteiger partial charge on any atom is 0.163 e. The standard InChI is InChI=1S/C13H9Cl2F2N/c14-7-4-5-10(15)9(6-7)13(18)8-2-1-3-11(16)12(8)17/h1-6,13H,18H2. The lowest BCUT2D eigenvalue weighted by Crippen LogP contribution is -2.15. The van der Waals surface area contributed by atoms with Gasteiger partial charge in [0.15, 0.2) is 11.6 Å². The Labute approximate surface area is 113 Å². The third-order valence-electron chi connectivity index (χ3n) is 2.61. The highest BCUT2D eigenvalue weighted by molar-refractivity contribution is 6.33. The van der Waals surface area contributed by atoms with E-state index in [0.29, 0.717) is 15.6 Å². The van der Waals surface area contributed by atoms with Crippen LogP contribution in [0, 0.1) is 11.6 Å². The summed E-state index contributed by atoms with van der Waals surface area (Å²) in [4.78, 5) is 0. The fourth-order valence-electron chi connectivity index (χ4n) is 1.68. The molecule has 0 spiro atoms. The van der Waals surface area contributed by atoms with Gasteiger partial charge in [0.1, 0.15) is 0 Å². The van der Waals surface area contributed by atoms with E-state index in [9.17, 15) is 8.78 Å². The van der Waals surface area contributed by atoms with Crippen molar-refractivity contribution in [2.45, 2.75) is 6.04 Å². The molecule has 0 radical (unpaired) electrons. The quantitative estimate of drug-likeness (QED) is 0.875. The Morgan fingerprint density at radius 2 is 1.72 bits per heavy atom. The zero-order valence-corrected chi connectivity index (χ0v) is 10.6. The topological polar surface area (TPSA) is 26.0 Å². The van der Waals surface area contributed by atoms with E-state index in [2.05, 4.69) is 0 Å². The van der Waals surface area contributed by atoms with Gasteiger partial charge in [-0.05, 0) is 29.8 Å². The van der Waals surface area contributed by atoms with E-state index in [-0.39, 0.29) is 5.56 Å². The molecule has 0 aromatic heterocycles. The van der Waals surface area contributed by atoms with Crippen LogP contribution in [-0.2, 0) is 0 Å². The second kappa shape index (κ2) is 5.22. The SMILES string of the molecule is NC(c1cc(Cl)ccc1Cl)c1cccc(F)c1F. The fourth-order valence-corrected chi connectivity index (χ4v) is 2.10. The Hall–Kier alpha value is -1.16. The first-order chi connectivity index (χ1) is 8.50. The number of hydrogen-bond donors (Lipinski definition) is 1. The number of nitrogens with two attached hydrogens (primary N) is 1. The normalized spacial score (nSPS) is 12.5. The summed E-state index contributed by atoms with van der Waals surface area (Å²) < 4.78 is 26.8. The monoisotopic (exact) mass is 287 g/mol. The van der Waals surface area contributed by atoms with Gasteiger partial charge in [-0.2, -0.15) is 0 Å². The van der Waals surface area contributed by atoms with Crippen LogP contribution in [0.5, 0.6) is 0 Å². The van der Waals surface area contributed by atoms with Crippen molar-refractivity contribution in [2.75, 3.05) is 0 Å². The average molecular weight is 288 g/mol. The molecule has 0 aliphatic carbocycles. The molecule has 0 saturated heterocycles. The summed E-state index contributed by atoms with van der Waals surface area (Å²) in [6.07, 6.45) is 0. The van der Waals surface area contributed by atoms with Crippen molar-refractivity contribution in [3.8, 4) is 0 Å². The van der Waals surface area contributed by atoms with Crippen molar-refractivity contribution >= 4 is 23.2 Å². The Bertz CT molecular complexity index is 585. The molecule has 0 heterocycles. The van der Waals surface area contributed by atoms with Gasteiger partial charge in [0.05, 0.1) is 6.04 Å². The lowest BCUT2D eigenvalue weighted by Gasteiger charge is -2.15. The molecule has 2 rings (SSSR count). The summed E-state index contributed by atoms with van der Waals surface area (Å²) in [7, 11) is 0.